The van der Waals surface area contributed by atoms with Crippen molar-refractivity contribution < 1.29 is 4.79 Å². The molecule has 1 aliphatic rings. The van der Waals surface area contributed by atoms with Crippen molar-refractivity contribution in [2.45, 2.75) is 38.3 Å². The van der Waals surface area contributed by atoms with Crippen LogP contribution < -0.4 is 16.6 Å². The van der Waals surface area contributed by atoms with Gasteiger partial charge in [-0.25, -0.2) is 0 Å². The molecule has 2 atom stereocenters. The quantitative estimate of drug-likeness (QED) is 0.886. The number of carbonyl (C=O) groups excluding carboxylic acids is 1. The summed E-state index contributed by atoms with van der Waals surface area (Å²) in [6.07, 6.45) is 5.16. The maximum absolute atomic E-state index is 12.5. The minimum Gasteiger partial charge on any atom is -0.327 e. The molecule has 1 heterocycles. The van der Waals surface area contributed by atoms with E-state index in [0.717, 1.165) is 24.8 Å². The van der Waals surface area contributed by atoms with Gasteiger partial charge < -0.3 is 15.6 Å². The minimum atomic E-state index is -0.189. The van der Waals surface area contributed by atoms with Crippen LogP contribution in [-0.4, -0.2) is 16.5 Å². The Kier molecular flexibility index (Phi) is 5.11. The molecule has 0 radical (unpaired) electrons. The summed E-state index contributed by atoms with van der Waals surface area (Å²) >= 11 is 0. The van der Waals surface area contributed by atoms with E-state index in [9.17, 15) is 9.59 Å². The fraction of sp³-hybridized carbons (Fsp3) is 0.368. The van der Waals surface area contributed by atoms with Crippen LogP contribution in [0.3, 0.4) is 0 Å². The van der Waals surface area contributed by atoms with Crippen LogP contribution in [0.2, 0.25) is 0 Å². The summed E-state index contributed by atoms with van der Waals surface area (Å²) in [6.45, 7) is 0.483. The Balaban J connectivity index is 1.69. The number of nitrogens with zero attached hydrogens (tertiary/aromatic N) is 1. The van der Waals surface area contributed by atoms with Gasteiger partial charge in [0.2, 0.25) is 5.91 Å². The topological polar surface area (TPSA) is 77.1 Å². The van der Waals surface area contributed by atoms with E-state index < -0.39 is 0 Å². The summed E-state index contributed by atoms with van der Waals surface area (Å²) in [7, 11) is 0. The molecule has 2 aromatic rings. The highest BCUT2D eigenvalue weighted by Crippen LogP contribution is 2.26. The predicted octanol–water partition coefficient (Wildman–Crippen LogP) is 2.35. The van der Waals surface area contributed by atoms with Crippen molar-refractivity contribution in [1.82, 2.24) is 4.57 Å². The molecule has 1 amide bonds. The molecular formula is C19H23N3O2. The number of hydrogen-bond acceptors (Lipinski definition) is 3. The Bertz CT molecular complexity index is 755. The summed E-state index contributed by atoms with van der Waals surface area (Å²) in [5, 5.41) is 2.76. The number of hydrogen-bond donors (Lipinski definition) is 2. The lowest BCUT2D eigenvalue weighted by Crippen LogP contribution is -2.30. The van der Waals surface area contributed by atoms with Gasteiger partial charge >= 0.3 is 0 Å². The maximum atomic E-state index is 12.5. The Morgan fingerprint density at radius 2 is 1.96 bits per heavy atom. The lowest BCUT2D eigenvalue weighted by molar-refractivity contribution is -0.117. The second-order valence-electron chi connectivity index (χ2n) is 6.45. The van der Waals surface area contributed by atoms with Gasteiger partial charge in [-0.3, -0.25) is 9.59 Å². The molecule has 24 heavy (non-hydrogen) atoms. The van der Waals surface area contributed by atoms with Gasteiger partial charge in [0.25, 0.3) is 5.56 Å². The van der Waals surface area contributed by atoms with Crippen molar-refractivity contribution in [2.75, 3.05) is 5.32 Å². The van der Waals surface area contributed by atoms with E-state index in [4.69, 9.17) is 5.73 Å². The fourth-order valence-electron chi connectivity index (χ4n) is 3.29. The van der Waals surface area contributed by atoms with E-state index in [2.05, 4.69) is 5.32 Å². The molecule has 1 aromatic heterocycles. The van der Waals surface area contributed by atoms with Gasteiger partial charge in [0.1, 0.15) is 5.69 Å². The Morgan fingerprint density at radius 3 is 2.67 bits per heavy atom. The van der Waals surface area contributed by atoms with Crippen molar-refractivity contribution >= 4 is 11.6 Å². The van der Waals surface area contributed by atoms with Crippen LogP contribution >= 0.6 is 0 Å². The number of carbonyl (C=O) groups is 1. The number of rotatable bonds is 5. The third-order valence-corrected chi connectivity index (χ3v) is 4.66. The number of benzene rings is 1. The first kappa shape index (κ1) is 16.5. The van der Waals surface area contributed by atoms with E-state index in [-0.39, 0.29) is 23.4 Å². The van der Waals surface area contributed by atoms with Crippen molar-refractivity contribution in [3.63, 3.8) is 0 Å². The molecule has 3 N–H and O–H groups in total. The molecule has 0 saturated heterocycles. The molecule has 5 nitrogen and oxygen atoms in total. The summed E-state index contributed by atoms with van der Waals surface area (Å²) in [4.78, 5) is 24.8. The molecule has 126 valence electrons. The van der Waals surface area contributed by atoms with E-state index >= 15 is 0 Å². The summed E-state index contributed by atoms with van der Waals surface area (Å²) in [5.41, 5.74) is 7.19. The lowest BCUT2D eigenvalue weighted by atomic mass is 10.00. The van der Waals surface area contributed by atoms with Gasteiger partial charge in [-0.05, 0) is 36.5 Å². The molecule has 1 aliphatic carbocycles. The molecule has 1 fully saturated rings. The number of aromatic nitrogens is 1. The number of pyridine rings is 1. The zero-order valence-corrected chi connectivity index (χ0v) is 13.7. The van der Waals surface area contributed by atoms with Crippen LogP contribution in [0, 0.1) is 5.92 Å². The highest BCUT2D eigenvalue weighted by atomic mass is 16.2. The van der Waals surface area contributed by atoms with Crippen molar-refractivity contribution in [1.29, 1.82) is 0 Å². The molecule has 3 rings (SSSR count). The Hall–Kier alpha value is -2.40. The molecule has 0 aliphatic heterocycles. The van der Waals surface area contributed by atoms with Crippen LogP contribution in [0.25, 0.3) is 0 Å². The highest BCUT2D eigenvalue weighted by Gasteiger charge is 2.26. The average Bonchev–Trinajstić information content (AvgIpc) is 2.97. The fourth-order valence-corrected chi connectivity index (χ4v) is 3.29. The maximum Gasteiger partial charge on any atom is 0.274 e. The van der Waals surface area contributed by atoms with Crippen LogP contribution in [0.1, 0.15) is 31.2 Å². The van der Waals surface area contributed by atoms with Crippen LogP contribution in [0.5, 0.6) is 0 Å². The molecule has 1 saturated carbocycles. The zero-order valence-electron chi connectivity index (χ0n) is 13.7. The monoisotopic (exact) mass is 325 g/mol. The van der Waals surface area contributed by atoms with Gasteiger partial charge in [-0.15, -0.1) is 0 Å². The number of nitrogens with one attached hydrogen (secondary N) is 1. The number of amides is 1. The van der Waals surface area contributed by atoms with Crippen LogP contribution in [0.4, 0.5) is 5.69 Å². The average molecular weight is 325 g/mol. The normalized spacial score (nSPS) is 20.0. The standard InChI is InChI=1S/C19H23N3O2/c20-16-9-4-8-15(16)12-18(23)21-17-10-5-11-22(19(17)24)13-14-6-2-1-3-7-14/h1-3,5-7,10-11,15-16H,4,8-9,12-13,20H2,(H,21,23)/t15-,16+/m0/s1. The smallest absolute Gasteiger partial charge is 0.274 e. The van der Waals surface area contributed by atoms with Gasteiger partial charge in [-0.1, -0.05) is 36.8 Å². The van der Waals surface area contributed by atoms with Crippen LogP contribution in [-0.2, 0) is 11.3 Å². The zero-order chi connectivity index (χ0) is 16.9. The highest BCUT2D eigenvalue weighted by molar-refractivity contribution is 5.90. The second kappa shape index (κ2) is 7.45. The van der Waals surface area contributed by atoms with E-state index in [1.807, 2.05) is 30.3 Å². The predicted molar refractivity (Wildman–Crippen MR) is 94.8 cm³/mol. The summed E-state index contributed by atoms with van der Waals surface area (Å²) in [6, 6.07) is 13.3. The summed E-state index contributed by atoms with van der Waals surface area (Å²) in [5.74, 6) is 0.0900. The third-order valence-electron chi connectivity index (χ3n) is 4.66. The third kappa shape index (κ3) is 3.92. The molecule has 0 spiro atoms. The Morgan fingerprint density at radius 1 is 1.17 bits per heavy atom. The summed E-state index contributed by atoms with van der Waals surface area (Å²) < 4.78 is 1.60. The molecule has 1 aromatic carbocycles. The van der Waals surface area contributed by atoms with E-state index in [1.165, 1.54) is 0 Å². The van der Waals surface area contributed by atoms with Gasteiger partial charge in [0.05, 0.1) is 6.54 Å². The van der Waals surface area contributed by atoms with Gasteiger partial charge in [0.15, 0.2) is 0 Å². The van der Waals surface area contributed by atoms with E-state index in [0.29, 0.717) is 18.7 Å². The van der Waals surface area contributed by atoms with Crippen molar-refractivity contribution in [3.8, 4) is 0 Å². The van der Waals surface area contributed by atoms with Gasteiger partial charge in [0, 0.05) is 18.7 Å². The SMILES string of the molecule is N[C@@H]1CCC[C@H]1CC(=O)Nc1cccn(Cc2ccccc2)c1=O. The van der Waals surface area contributed by atoms with Crippen molar-refractivity contribution in [3.05, 3.63) is 64.6 Å². The first-order valence-electron chi connectivity index (χ1n) is 8.42. The second-order valence-corrected chi connectivity index (χ2v) is 6.45. The first-order chi connectivity index (χ1) is 11.6. The lowest BCUT2D eigenvalue weighted by Gasteiger charge is -2.15. The van der Waals surface area contributed by atoms with Crippen LogP contribution in [0.15, 0.2) is 53.5 Å². The van der Waals surface area contributed by atoms with Gasteiger partial charge in [-0.2, -0.15) is 0 Å². The minimum absolute atomic E-state index is 0.0984. The van der Waals surface area contributed by atoms with E-state index in [1.54, 1.807) is 22.9 Å². The molecule has 0 unspecified atom stereocenters. The largest absolute Gasteiger partial charge is 0.327 e. The van der Waals surface area contributed by atoms with Crippen molar-refractivity contribution in [2.24, 2.45) is 11.7 Å². The Labute approximate surface area is 141 Å². The molecule has 5 heteroatoms. The number of anilines is 1. The number of nitrogens with two attached hydrogens (primary N) is 1. The molecular weight excluding hydrogens is 302 g/mol. The molecule has 0 bridgehead atoms. The first-order valence-corrected chi connectivity index (χ1v) is 8.42.